The van der Waals surface area contributed by atoms with Gasteiger partial charge in [-0.3, -0.25) is 9.69 Å². The molecule has 160 valence electrons. The summed E-state index contributed by atoms with van der Waals surface area (Å²) in [5, 5.41) is 13.3. The molecule has 0 aromatic heterocycles. The highest BCUT2D eigenvalue weighted by Gasteiger charge is 2.44. The van der Waals surface area contributed by atoms with Crippen LogP contribution in [0.1, 0.15) is 52.0 Å². The number of hydrogen-bond donors (Lipinski definition) is 3. The second-order valence-corrected chi connectivity index (χ2v) is 9.37. The minimum atomic E-state index is -1.06. The Bertz CT molecular complexity index is 719. The first-order valence-electron chi connectivity index (χ1n) is 10.5. The first-order valence-corrected chi connectivity index (χ1v) is 10.5. The molecule has 1 aliphatic carbocycles. The van der Waals surface area contributed by atoms with Gasteiger partial charge < -0.3 is 21.1 Å². The number of hydrogen-bond acceptors (Lipinski definition) is 4. The Hall–Kier alpha value is -2.12. The monoisotopic (exact) mass is 402 g/mol. The summed E-state index contributed by atoms with van der Waals surface area (Å²) in [7, 11) is 0. The Morgan fingerprint density at radius 3 is 2.52 bits per heavy atom. The number of likely N-dealkylation sites (tertiary alicyclic amines) is 1. The average Bonchev–Trinajstić information content (AvgIpc) is 3.00. The van der Waals surface area contributed by atoms with E-state index in [1.165, 1.54) is 4.90 Å². The molecule has 1 saturated carbocycles. The van der Waals surface area contributed by atoms with Crippen LogP contribution in [0.5, 0.6) is 0 Å². The van der Waals surface area contributed by atoms with Gasteiger partial charge in [0.05, 0.1) is 0 Å². The molecule has 2 aliphatic rings. The van der Waals surface area contributed by atoms with Gasteiger partial charge in [0, 0.05) is 36.8 Å². The summed E-state index contributed by atoms with van der Waals surface area (Å²) in [4.78, 5) is 28.1. The zero-order valence-electron chi connectivity index (χ0n) is 17.7. The van der Waals surface area contributed by atoms with Gasteiger partial charge in [-0.15, -0.1) is 0 Å². The van der Waals surface area contributed by atoms with Gasteiger partial charge in [-0.2, -0.15) is 0 Å². The van der Waals surface area contributed by atoms with Crippen molar-refractivity contribution in [2.45, 2.75) is 82.7 Å². The summed E-state index contributed by atoms with van der Waals surface area (Å²) in [6.45, 7) is 7.22. The molecule has 1 saturated heterocycles. The molecule has 1 unspecified atom stereocenters. The van der Waals surface area contributed by atoms with E-state index in [1.54, 1.807) is 0 Å². The molecule has 7 nitrogen and oxygen atoms in total. The summed E-state index contributed by atoms with van der Waals surface area (Å²) in [5.41, 5.74) is 7.39. The minimum absolute atomic E-state index is 0.0158. The fourth-order valence-corrected chi connectivity index (χ4v) is 4.72. The van der Waals surface area contributed by atoms with E-state index in [0.29, 0.717) is 19.0 Å². The van der Waals surface area contributed by atoms with Crippen LogP contribution < -0.4 is 11.1 Å². The van der Waals surface area contributed by atoms with Crippen LogP contribution >= 0.6 is 0 Å². The van der Waals surface area contributed by atoms with Crippen LogP contribution in [0.25, 0.3) is 0 Å². The molecule has 4 N–H and O–H groups in total. The summed E-state index contributed by atoms with van der Waals surface area (Å²) >= 11 is 0. The first-order chi connectivity index (χ1) is 13.7. The van der Waals surface area contributed by atoms with Crippen LogP contribution in [0, 0.1) is 0 Å². The Balaban J connectivity index is 1.65. The number of nitrogens with zero attached hydrogens (tertiary/aromatic N) is 2. The highest BCUT2D eigenvalue weighted by atomic mass is 16.4. The molecule has 0 bridgehead atoms. The quantitative estimate of drug-likeness (QED) is 0.702. The molecule has 1 heterocycles. The largest absolute Gasteiger partial charge is 0.465 e. The van der Waals surface area contributed by atoms with Crippen molar-refractivity contribution in [2.75, 3.05) is 6.54 Å². The molecular formula is C22H34N4O3. The SMILES string of the molecule is CC(C)(C)N[C@@H]1CCC(N2CC[C@H](N(Cc3ccccc3)C(=O)O)C2=O)[C@H](N)C1. The summed E-state index contributed by atoms with van der Waals surface area (Å²) in [5.74, 6) is -0.106. The van der Waals surface area contributed by atoms with Gasteiger partial charge in [-0.25, -0.2) is 4.79 Å². The van der Waals surface area contributed by atoms with Crippen molar-refractivity contribution in [3.05, 3.63) is 35.9 Å². The van der Waals surface area contributed by atoms with Gasteiger partial charge in [-0.05, 0) is 52.0 Å². The summed E-state index contributed by atoms with van der Waals surface area (Å²) < 4.78 is 0. The second kappa shape index (κ2) is 8.71. The Morgan fingerprint density at radius 1 is 1.24 bits per heavy atom. The van der Waals surface area contributed by atoms with Gasteiger partial charge in [0.1, 0.15) is 6.04 Å². The fraction of sp³-hybridized carbons (Fsp3) is 0.636. The normalized spacial score (nSPS) is 27.9. The standard InChI is InChI=1S/C22H34N4O3/c1-22(2,3)24-16-9-10-18(17(23)13-16)25-12-11-19(20(25)27)26(21(28)29)14-15-7-5-4-6-8-15/h4-8,16-19,24H,9-14,23H2,1-3H3,(H,28,29)/t16-,17-,18?,19+/m1/s1. The number of amides is 2. The van der Waals surface area contributed by atoms with Gasteiger partial charge >= 0.3 is 6.09 Å². The zero-order valence-corrected chi connectivity index (χ0v) is 17.7. The summed E-state index contributed by atoms with van der Waals surface area (Å²) in [6.07, 6.45) is 2.10. The van der Waals surface area contributed by atoms with Crippen LogP contribution in [0.3, 0.4) is 0 Å². The first kappa shape index (κ1) is 21.6. The molecule has 1 aromatic rings. The van der Waals surface area contributed by atoms with Crippen LogP contribution in [0.2, 0.25) is 0 Å². The van der Waals surface area contributed by atoms with Crippen molar-refractivity contribution in [1.29, 1.82) is 0 Å². The topological polar surface area (TPSA) is 98.9 Å². The lowest BCUT2D eigenvalue weighted by molar-refractivity contribution is -0.134. The molecule has 0 radical (unpaired) electrons. The van der Waals surface area contributed by atoms with E-state index in [1.807, 2.05) is 35.2 Å². The number of nitrogens with one attached hydrogen (secondary N) is 1. The van der Waals surface area contributed by atoms with Crippen LogP contribution in [0.15, 0.2) is 30.3 Å². The van der Waals surface area contributed by atoms with Crippen molar-refractivity contribution in [2.24, 2.45) is 5.73 Å². The molecule has 29 heavy (non-hydrogen) atoms. The third-order valence-corrected chi connectivity index (χ3v) is 5.93. The maximum Gasteiger partial charge on any atom is 0.408 e. The van der Waals surface area contributed by atoms with E-state index in [9.17, 15) is 14.7 Å². The molecule has 1 aromatic carbocycles. The number of rotatable bonds is 5. The predicted molar refractivity (Wildman–Crippen MR) is 112 cm³/mol. The van der Waals surface area contributed by atoms with Crippen molar-refractivity contribution < 1.29 is 14.7 Å². The average molecular weight is 403 g/mol. The number of carbonyl (C=O) groups excluding carboxylic acids is 1. The van der Waals surface area contributed by atoms with E-state index in [0.717, 1.165) is 24.8 Å². The Labute approximate surface area is 173 Å². The van der Waals surface area contributed by atoms with Crippen molar-refractivity contribution >= 4 is 12.0 Å². The predicted octanol–water partition coefficient (Wildman–Crippen LogP) is 2.40. The van der Waals surface area contributed by atoms with E-state index in [2.05, 4.69) is 26.1 Å². The number of carboxylic acid groups (broad SMARTS) is 1. The Kier molecular flexibility index (Phi) is 6.49. The molecular weight excluding hydrogens is 368 g/mol. The third-order valence-electron chi connectivity index (χ3n) is 5.93. The molecule has 4 atom stereocenters. The number of nitrogens with two attached hydrogens (primary N) is 1. The molecule has 2 amide bonds. The van der Waals surface area contributed by atoms with Gasteiger partial charge in [0.2, 0.25) is 5.91 Å². The van der Waals surface area contributed by atoms with E-state index >= 15 is 0 Å². The van der Waals surface area contributed by atoms with Gasteiger partial charge in [0.15, 0.2) is 0 Å². The van der Waals surface area contributed by atoms with Crippen molar-refractivity contribution in [1.82, 2.24) is 15.1 Å². The maximum atomic E-state index is 13.1. The third kappa shape index (κ3) is 5.28. The lowest BCUT2D eigenvalue weighted by atomic mass is 9.85. The number of carbonyl (C=O) groups is 2. The van der Waals surface area contributed by atoms with Crippen LogP contribution in [-0.4, -0.2) is 63.2 Å². The zero-order chi connectivity index (χ0) is 21.2. The smallest absolute Gasteiger partial charge is 0.408 e. The summed E-state index contributed by atoms with van der Waals surface area (Å²) in [6, 6.07) is 9.01. The lowest BCUT2D eigenvalue weighted by Crippen LogP contribution is -2.57. The van der Waals surface area contributed by atoms with E-state index in [4.69, 9.17) is 5.73 Å². The van der Waals surface area contributed by atoms with Crippen molar-refractivity contribution in [3.63, 3.8) is 0 Å². The van der Waals surface area contributed by atoms with E-state index in [-0.39, 0.29) is 30.1 Å². The highest BCUT2D eigenvalue weighted by molar-refractivity contribution is 5.87. The van der Waals surface area contributed by atoms with E-state index < -0.39 is 12.1 Å². The highest BCUT2D eigenvalue weighted by Crippen LogP contribution is 2.29. The lowest BCUT2D eigenvalue weighted by Gasteiger charge is -2.41. The second-order valence-electron chi connectivity index (χ2n) is 9.37. The fourth-order valence-electron chi connectivity index (χ4n) is 4.72. The Morgan fingerprint density at radius 2 is 1.93 bits per heavy atom. The molecule has 1 aliphatic heterocycles. The molecule has 0 spiro atoms. The van der Waals surface area contributed by atoms with Crippen molar-refractivity contribution in [3.8, 4) is 0 Å². The molecule has 2 fully saturated rings. The van der Waals surface area contributed by atoms with Crippen LogP contribution in [0.4, 0.5) is 4.79 Å². The minimum Gasteiger partial charge on any atom is -0.465 e. The molecule has 7 heteroatoms. The number of benzene rings is 1. The molecule has 3 rings (SSSR count). The maximum absolute atomic E-state index is 13.1. The van der Waals surface area contributed by atoms with Gasteiger partial charge in [0.25, 0.3) is 0 Å². The van der Waals surface area contributed by atoms with Gasteiger partial charge in [-0.1, -0.05) is 30.3 Å². The van der Waals surface area contributed by atoms with Crippen LogP contribution in [-0.2, 0) is 11.3 Å².